The van der Waals surface area contributed by atoms with E-state index in [1.807, 2.05) is 0 Å². The number of aldehydes is 1. The van der Waals surface area contributed by atoms with Crippen molar-refractivity contribution in [2.24, 2.45) is 5.10 Å². The largest absolute Gasteiger partial charge is 0.296 e. The van der Waals surface area contributed by atoms with Crippen LogP contribution in [-0.2, 0) is 4.79 Å². The van der Waals surface area contributed by atoms with Crippen LogP contribution in [0.1, 0.15) is 6.92 Å². The number of nitrogens with zero attached hydrogens (tertiary/aromatic N) is 2. The first kappa shape index (κ1) is 10.8. The van der Waals surface area contributed by atoms with Gasteiger partial charge in [0.15, 0.2) is 6.29 Å². The second kappa shape index (κ2) is 4.85. The molecule has 78 valence electrons. The lowest BCUT2D eigenvalue weighted by Crippen LogP contribution is -1.98. The van der Waals surface area contributed by atoms with Gasteiger partial charge in [-0.15, -0.1) is 0 Å². The van der Waals surface area contributed by atoms with Gasteiger partial charge in [-0.1, -0.05) is 0 Å². The molecule has 0 spiro atoms. The van der Waals surface area contributed by atoms with E-state index in [4.69, 9.17) is 0 Å². The van der Waals surface area contributed by atoms with E-state index in [0.29, 0.717) is 17.7 Å². The van der Waals surface area contributed by atoms with Gasteiger partial charge in [-0.3, -0.25) is 20.3 Å². The van der Waals surface area contributed by atoms with E-state index < -0.39 is 4.92 Å². The number of hydrogen-bond donors (Lipinski definition) is 1. The van der Waals surface area contributed by atoms with E-state index in [1.54, 1.807) is 6.92 Å². The summed E-state index contributed by atoms with van der Waals surface area (Å²) in [5, 5.41) is 14.1. The summed E-state index contributed by atoms with van der Waals surface area (Å²) in [5.41, 5.74) is 3.49. The molecule has 1 aromatic rings. The summed E-state index contributed by atoms with van der Waals surface area (Å²) >= 11 is 0. The summed E-state index contributed by atoms with van der Waals surface area (Å²) in [6.07, 6.45) is 0.610. The Balaban J connectivity index is 2.73. The molecule has 15 heavy (non-hydrogen) atoms. The third-order valence-corrected chi connectivity index (χ3v) is 1.61. The molecule has 0 aliphatic carbocycles. The Kier molecular flexibility index (Phi) is 3.50. The van der Waals surface area contributed by atoms with Gasteiger partial charge in [0.2, 0.25) is 0 Å². The van der Waals surface area contributed by atoms with Crippen LogP contribution in [0.15, 0.2) is 29.4 Å². The highest BCUT2D eigenvalue weighted by atomic mass is 16.6. The number of hydrazone groups is 1. The van der Waals surface area contributed by atoms with Crippen LogP contribution in [0.25, 0.3) is 0 Å². The SMILES string of the molecule is C/C(C=O)=N\Nc1ccc([N+](=O)[O-])cc1. The van der Waals surface area contributed by atoms with Crippen LogP contribution in [-0.4, -0.2) is 16.9 Å². The van der Waals surface area contributed by atoms with Gasteiger partial charge < -0.3 is 0 Å². The molecule has 0 amide bonds. The van der Waals surface area contributed by atoms with Gasteiger partial charge in [-0.25, -0.2) is 0 Å². The van der Waals surface area contributed by atoms with Gasteiger partial charge in [0, 0.05) is 12.1 Å². The number of benzene rings is 1. The summed E-state index contributed by atoms with van der Waals surface area (Å²) < 4.78 is 0. The molecule has 0 saturated carbocycles. The van der Waals surface area contributed by atoms with Crippen LogP contribution in [0.5, 0.6) is 0 Å². The minimum Gasteiger partial charge on any atom is -0.296 e. The highest BCUT2D eigenvalue weighted by Gasteiger charge is 2.02. The summed E-state index contributed by atoms with van der Waals surface area (Å²) in [5.74, 6) is 0. The van der Waals surface area contributed by atoms with Crippen LogP contribution in [0.2, 0.25) is 0 Å². The van der Waals surface area contributed by atoms with E-state index >= 15 is 0 Å². The average Bonchev–Trinajstić information content (AvgIpc) is 2.26. The fourth-order valence-corrected chi connectivity index (χ4v) is 0.837. The predicted octanol–water partition coefficient (Wildman–Crippen LogP) is 1.58. The number of nitro benzene ring substituents is 1. The smallest absolute Gasteiger partial charge is 0.269 e. The second-order valence-corrected chi connectivity index (χ2v) is 2.79. The fraction of sp³-hybridized carbons (Fsp3) is 0.111. The fourth-order valence-electron chi connectivity index (χ4n) is 0.837. The first-order chi connectivity index (χ1) is 7.13. The molecule has 0 aliphatic heterocycles. The van der Waals surface area contributed by atoms with Crippen LogP contribution in [0, 0.1) is 10.1 Å². The Hall–Kier alpha value is -2.24. The summed E-state index contributed by atoms with van der Waals surface area (Å²) in [6, 6.07) is 5.74. The molecule has 0 bridgehead atoms. The molecule has 6 heteroatoms. The molecule has 1 N–H and O–H groups in total. The Labute approximate surface area is 85.8 Å². The lowest BCUT2D eigenvalue weighted by Gasteiger charge is -1.99. The number of nitrogens with one attached hydrogen (secondary N) is 1. The molecule has 0 fully saturated rings. The van der Waals surface area contributed by atoms with Crippen molar-refractivity contribution < 1.29 is 9.72 Å². The minimum atomic E-state index is -0.482. The van der Waals surface area contributed by atoms with Crippen molar-refractivity contribution in [3.8, 4) is 0 Å². The van der Waals surface area contributed by atoms with Crippen molar-refractivity contribution >= 4 is 23.4 Å². The highest BCUT2D eigenvalue weighted by molar-refractivity contribution is 6.27. The van der Waals surface area contributed by atoms with Crippen molar-refractivity contribution in [3.05, 3.63) is 34.4 Å². The van der Waals surface area contributed by atoms with Crippen molar-refractivity contribution in [3.63, 3.8) is 0 Å². The monoisotopic (exact) mass is 207 g/mol. The number of nitro groups is 1. The topological polar surface area (TPSA) is 84.6 Å². The molecular weight excluding hydrogens is 198 g/mol. The number of anilines is 1. The Morgan fingerprint density at radius 1 is 1.47 bits per heavy atom. The first-order valence-corrected chi connectivity index (χ1v) is 4.13. The van der Waals surface area contributed by atoms with Gasteiger partial charge in [0.05, 0.1) is 16.3 Å². The molecule has 1 aromatic carbocycles. The standard InChI is InChI=1S/C9H9N3O3/c1-7(6-13)10-11-8-2-4-9(5-3-8)12(14)15/h2-6,11H,1H3/b10-7+. The molecular formula is C9H9N3O3. The van der Waals surface area contributed by atoms with Gasteiger partial charge in [-0.05, 0) is 19.1 Å². The van der Waals surface area contributed by atoms with Gasteiger partial charge >= 0.3 is 0 Å². The molecule has 0 heterocycles. The average molecular weight is 207 g/mol. The number of rotatable bonds is 4. The Morgan fingerprint density at radius 2 is 2.07 bits per heavy atom. The van der Waals surface area contributed by atoms with E-state index in [-0.39, 0.29) is 5.69 Å². The van der Waals surface area contributed by atoms with E-state index in [0.717, 1.165) is 0 Å². The maximum atomic E-state index is 10.3. The number of non-ortho nitro benzene ring substituents is 1. The predicted molar refractivity (Wildman–Crippen MR) is 55.9 cm³/mol. The van der Waals surface area contributed by atoms with Crippen molar-refractivity contribution in [1.82, 2.24) is 0 Å². The van der Waals surface area contributed by atoms with Crippen LogP contribution in [0.3, 0.4) is 0 Å². The molecule has 0 saturated heterocycles. The molecule has 6 nitrogen and oxygen atoms in total. The normalized spacial score (nSPS) is 10.9. The third-order valence-electron chi connectivity index (χ3n) is 1.61. The van der Waals surface area contributed by atoms with Crippen LogP contribution in [0.4, 0.5) is 11.4 Å². The zero-order chi connectivity index (χ0) is 11.3. The van der Waals surface area contributed by atoms with Crippen LogP contribution < -0.4 is 5.43 Å². The number of carbonyl (C=O) groups excluding carboxylic acids is 1. The van der Waals surface area contributed by atoms with Crippen LogP contribution >= 0.6 is 0 Å². The maximum Gasteiger partial charge on any atom is 0.269 e. The van der Waals surface area contributed by atoms with Gasteiger partial charge in [0.25, 0.3) is 5.69 Å². The molecule has 1 rings (SSSR count). The second-order valence-electron chi connectivity index (χ2n) is 2.79. The van der Waals surface area contributed by atoms with Crippen molar-refractivity contribution in [2.45, 2.75) is 6.92 Å². The quantitative estimate of drug-likeness (QED) is 0.351. The summed E-state index contributed by atoms with van der Waals surface area (Å²) in [6.45, 7) is 1.55. The van der Waals surface area contributed by atoms with Crippen molar-refractivity contribution in [1.29, 1.82) is 0 Å². The zero-order valence-corrected chi connectivity index (χ0v) is 8.01. The van der Waals surface area contributed by atoms with E-state index in [1.165, 1.54) is 24.3 Å². The molecule has 0 aliphatic rings. The Bertz CT molecular complexity index is 398. The lowest BCUT2D eigenvalue weighted by atomic mass is 10.3. The van der Waals surface area contributed by atoms with E-state index in [9.17, 15) is 14.9 Å². The third kappa shape index (κ3) is 3.18. The zero-order valence-electron chi connectivity index (χ0n) is 8.01. The lowest BCUT2D eigenvalue weighted by molar-refractivity contribution is -0.384. The summed E-state index contributed by atoms with van der Waals surface area (Å²) in [7, 11) is 0. The number of carbonyl (C=O) groups is 1. The number of hydrogen-bond acceptors (Lipinski definition) is 5. The molecule has 0 atom stereocenters. The minimum absolute atomic E-state index is 0.0108. The van der Waals surface area contributed by atoms with Gasteiger partial charge in [-0.2, -0.15) is 5.10 Å². The molecule has 0 aromatic heterocycles. The first-order valence-electron chi connectivity index (χ1n) is 4.13. The van der Waals surface area contributed by atoms with E-state index in [2.05, 4.69) is 10.5 Å². The molecule has 0 radical (unpaired) electrons. The molecule has 0 unspecified atom stereocenters. The Morgan fingerprint density at radius 3 is 2.53 bits per heavy atom. The highest BCUT2D eigenvalue weighted by Crippen LogP contribution is 2.15. The van der Waals surface area contributed by atoms with Gasteiger partial charge in [0.1, 0.15) is 0 Å². The maximum absolute atomic E-state index is 10.3. The summed E-state index contributed by atoms with van der Waals surface area (Å²) in [4.78, 5) is 20.1. The van der Waals surface area contributed by atoms with Crippen molar-refractivity contribution in [2.75, 3.05) is 5.43 Å².